The largest absolute Gasteiger partial charge is 0.0622 e. The van der Waals surface area contributed by atoms with Gasteiger partial charge in [0, 0.05) is 0 Å². The first kappa shape index (κ1) is 54.9. The van der Waals surface area contributed by atoms with E-state index in [0.717, 1.165) is 12.8 Å². The monoisotopic (exact) mass is 1190 g/mol. The molecule has 2 aliphatic carbocycles. The lowest BCUT2D eigenvalue weighted by atomic mass is 9.84. The predicted molar refractivity (Wildman–Crippen MR) is 400 cm³/mol. The number of rotatable bonds is 8. The fourth-order valence-electron chi connectivity index (χ4n) is 15.7. The van der Waals surface area contributed by atoms with Gasteiger partial charge < -0.3 is 0 Å². The third-order valence-corrected chi connectivity index (χ3v) is 19.9. The molecule has 19 rings (SSSR count). The maximum atomic E-state index is 2.42. The summed E-state index contributed by atoms with van der Waals surface area (Å²) in [7, 11) is 0. The standard InChI is InChI=1S/C49H32.C45H30/c1-3-12-32(13-4-1)47-43-19-9-10-20-44(43)48(33-14-5-2-6-15-33)46-31-37(26-27-45(46)47)35-22-23-36-29-39(25-24-34(36)28-35)42-21-11-17-40-30-38-16-7-8-18-41(38)49(40)42;1-3-13-30(14-4-1)43-39-22-9-10-23-40(39)44(31-15-5-2-6-16-31)42-29-33(25-26-41(42)43)32-18-11-19-35(27-32)38-24-12-20-36-28-34-17-7-8-21-37(34)45(36)38/h1-29,31H,30H2;1-27,29H,28H2. The molecule has 17 aromatic rings. The second kappa shape index (κ2) is 23.1. The van der Waals surface area contributed by atoms with E-state index in [1.165, 1.54) is 187 Å². The van der Waals surface area contributed by atoms with E-state index < -0.39 is 0 Å². The predicted octanol–water partition coefficient (Wildman–Crippen LogP) is 25.6. The lowest BCUT2D eigenvalue weighted by Crippen LogP contribution is -1.92. The van der Waals surface area contributed by atoms with E-state index >= 15 is 0 Å². The summed E-state index contributed by atoms with van der Waals surface area (Å²) in [6.07, 6.45) is 2.01. The van der Waals surface area contributed by atoms with Crippen LogP contribution in [0.3, 0.4) is 0 Å². The summed E-state index contributed by atoms with van der Waals surface area (Å²) in [5.74, 6) is 0. The van der Waals surface area contributed by atoms with Crippen LogP contribution < -0.4 is 0 Å². The average Bonchev–Trinajstić information content (AvgIpc) is 1.07. The minimum absolute atomic E-state index is 1.00. The molecule has 0 aromatic heterocycles. The van der Waals surface area contributed by atoms with E-state index in [4.69, 9.17) is 0 Å². The summed E-state index contributed by atoms with van der Waals surface area (Å²) in [5.41, 5.74) is 31.4. The zero-order valence-corrected chi connectivity index (χ0v) is 51.9. The van der Waals surface area contributed by atoms with Gasteiger partial charge in [0.2, 0.25) is 0 Å². The van der Waals surface area contributed by atoms with Crippen LogP contribution >= 0.6 is 0 Å². The van der Waals surface area contributed by atoms with E-state index in [1.807, 2.05) is 0 Å². The molecule has 0 spiro atoms. The Morgan fingerprint density at radius 1 is 0.138 bits per heavy atom. The topological polar surface area (TPSA) is 0 Å². The fraction of sp³-hybridized carbons (Fsp3) is 0.0213. The van der Waals surface area contributed by atoms with Gasteiger partial charge in [-0.3, -0.25) is 0 Å². The van der Waals surface area contributed by atoms with Crippen LogP contribution in [-0.4, -0.2) is 0 Å². The van der Waals surface area contributed by atoms with Crippen molar-refractivity contribution in [3.05, 3.63) is 374 Å². The lowest BCUT2D eigenvalue weighted by molar-refractivity contribution is 1.26. The Bertz CT molecular complexity index is 5820. The molecule has 0 saturated heterocycles. The highest BCUT2D eigenvalue weighted by Crippen LogP contribution is 2.50. The van der Waals surface area contributed by atoms with Crippen LogP contribution in [0.5, 0.6) is 0 Å². The average molecular weight is 1190 g/mol. The second-order valence-corrected chi connectivity index (χ2v) is 25.3. The summed E-state index contributed by atoms with van der Waals surface area (Å²) >= 11 is 0. The second-order valence-electron chi connectivity index (χ2n) is 25.3. The Labute approximate surface area is 548 Å². The van der Waals surface area contributed by atoms with Gasteiger partial charge in [-0.2, -0.15) is 0 Å². The van der Waals surface area contributed by atoms with Crippen molar-refractivity contribution < 1.29 is 0 Å². The molecule has 94 heavy (non-hydrogen) atoms. The van der Waals surface area contributed by atoms with E-state index in [0.29, 0.717) is 0 Å². The summed E-state index contributed by atoms with van der Waals surface area (Å²) in [4.78, 5) is 0. The fourth-order valence-corrected chi connectivity index (χ4v) is 15.7. The zero-order valence-electron chi connectivity index (χ0n) is 51.9. The molecule has 0 fully saturated rings. The van der Waals surface area contributed by atoms with Gasteiger partial charge in [-0.1, -0.05) is 322 Å². The summed E-state index contributed by atoms with van der Waals surface area (Å²) in [5, 5.41) is 12.7. The van der Waals surface area contributed by atoms with Gasteiger partial charge in [0.15, 0.2) is 0 Å². The van der Waals surface area contributed by atoms with Crippen LogP contribution in [-0.2, 0) is 12.8 Å². The van der Waals surface area contributed by atoms with Gasteiger partial charge in [-0.15, -0.1) is 0 Å². The zero-order chi connectivity index (χ0) is 62.1. The van der Waals surface area contributed by atoms with Crippen molar-refractivity contribution in [2.45, 2.75) is 12.8 Å². The third kappa shape index (κ3) is 9.45. The minimum Gasteiger partial charge on any atom is -0.0622 e. The normalized spacial score (nSPS) is 12.0. The molecule has 438 valence electrons. The van der Waals surface area contributed by atoms with Gasteiger partial charge in [0.05, 0.1) is 0 Å². The van der Waals surface area contributed by atoms with Crippen molar-refractivity contribution >= 4 is 53.9 Å². The van der Waals surface area contributed by atoms with Crippen molar-refractivity contribution in [1.82, 2.24) is 0 Å². The first-order chi connectivity index (χ1) is 46.6. The molecule has 0 radical (unpaired) electrons. The SMILES string of the molecule is c1ccc(-c2c3ccccc3c(-c3ccccc3)c3cc(-c4ccc5cc(-c6cccc7c6-c6ccccc6C7)ccc5c4)ccc23)cc1.c1ccc(-c2c3ccccc3c(-c3ccccc3)c3cc(-c4cccc(-c5cccc6c5-c5ccccc5C6)c4)ccc23)cc1. The Kier molecular flexibility index (Phi) is 13.5. The van der Waals surface area contributed by atoms with Crippen LogP contribution in [0, 0.1) is 0 Å². The lowest BCUT2D eigenvalue weighted by Gasteiger charge is -2.19. The van der Waals surface area contributed by atoms with Gasteiger partial charge in [0.25, 0.3) is 0 Å². The number of hydrogen-bond acceptors (Lipinski definition) is 0. The molecule has 0 nitrogen and oxygen atoms in total. The molecule has 0 N–H and O–H groups in total. The molecule has 0 atom stereocenters. The van der Waals surface area contributed by atoms with Gasteiger partial charge in [-0.25, -0.2) is 0 Å². The molecule has 0 unspecified atom stereocenters. The smallest absolute Gasteiger partial charge is 0.00132 e. The highest BCUT2D eigenvalue weighted by molar-refractivity contribution is 6.23. The Balaban J connectivity index is 0.000000138. The first-order valence-corrected chi connectivity index (χ1v) is 32.9. The van der Waals surface area contributed by atoms with Crippen LogP contribution in [0.25, 0.3) is 165 Å². The van der Waals surface area contributed by atoms with Crippen LogP contribution in [0.15, 0.2) is 352 Å². The van der Waals surface area contributed by atoms with Crippen molar-refractivity contribution in [3.8, 4) is 111 Å². The van der Waals surface area contributed by atoms with Gasteiger partial charge in [0.1, 0.15) is 0 Å². The maximum absolute atomic E-state index is 2.42. The van der Waals surface area contributed by atoms with Crippen molar-refractivity contribution in [2.24, 2.45) is 0 Å². The Hall–Kier alpha value is -12.0. The van der Waals surface area contributed by atoms with Crippen LogP contribution in [0.1, 0.15) is 22.3 Å². The maximum Gasteiger partial charge on any atom is -0.00132 e. The highest BCUT2D eigenvalue weighted by atomic mass is 14.3. The first-order valence-electron chi connectivity index (χ1n) is 32.9. The van der Waals surface area contributed by atoms with Crippen LogP contribution in [0.2, 0.25) is 0 Å². The molecule has 17 aromatic carbocycles. The molecule has 2 aliphatic rings. The van der Waals surface area contributed by atoms with Crippen molar-refractivity contribution in [2.75, 3.05) is 0 Å². The van der Waals surface area contributed by atoms with Gasteiger partial charge in [-0.05, 0) is 231 Å². The molecular weight excluding hydrogens is 1130 g/mol. The number of benzene rings is 17. The summed E-state index contributed by atoms with van der Waals surface area (Å²) in [6, 6.07) is 130. The number of hydrogen-bond donors (Lipinski definition) is 0. The third-order valence-electron chi connectivity index (χ3n) is 19.9. The number of fused-ring (bicyclic) bond motifs is 11. The Morgan fingerprint density at radius 2 is 0.415 bits per heavy atom. The minimum atomic E-state index is 1.00. The van der Waals surface area contributed by atoms with E-state index in [-0.39, 0.29) is 0 Å². The van der Waals surface area contributed by atoms with Crippen molar-refractivity contribution in [3.63, 3.8) is 0 Å². The highest BCUT2D eigenvalue weighted by Gasteiger charge is 2.25. The van der Waals surface area contributed by atoms with E-state index in [2.05, 4.69) is 352 Å². The molecular formula is C94H62. The molecule has 0 aliphatic heterocycles. The van der Waals surface area contributed by atoms with Crippen molar-refractivity contribution in [1.29, 1.82) is 0 Å². The molecule has 0 saturated carbocycles. The van der Waals surface area contributed by atoms with Crippen LogP contribution in [0.4, 0.5) is 0 Å². The molecule has 0 heteroatoms. The van der Waals surface area contributed by atoms with E-state index in [9.17, 15) is 0 Å². The molecule has 0 heterocycles. The summed E-state index contributed by atoms with van der Waals surface area (Å²) in [6.45, 7) is 0. The van der Waals surface area contributed by atoms with Gasteiger partial charge >= 0.3 is 0 Å². The Morgan fingerprint density at radius 3 is 0.862 bits per heavy atom. The molecule has 0 bridgehead atoms. The molecule has 0 amide bonds. The summed E-state index contributed by atoms with van der Waals surface area (Å²) < 4.78 is 0. The van der Waals surface area contributed by atoms with E-state index in [1.54, 1.807) is 0 Å². The quantitative estimate of drug-likeness (QED) is 0.133.